The molecule has 0 aliphatic carbocycles. The molecule has 0 spiro atoms. The largest absolute Gasteiger partial charge is 0.366 e. The average molecular weight is 350 g/mol. The van der Waals surface area contributed by atoms with E-state index in [1.165, 1.54) is 0 Å². The van der Waals surface area contributed by atoms with Gasteiger partial charge in [-0.3, -0.25) is 4.79 Å². The number of halogens is 1. The number of carbonyl (C=O) groups is 1. The average Bonchev–Trinajstić information content (AvgIpc) is 3.05. The van der Waals surface area contributed by atoms with Crippen LogP contribution in [0, 0.1) is 0 Å². The van der Waals surface area contributed by atoms with Crippen LogP contribution in [0.3, 0.4) is 0 Å². The fourth-order valence-electron chi connectivity index (χ4n) is 2.54. The highest BCUT2D eigenvalue weighted by molar-refractivity contribution is 6.30. The first kappa shape index (κ1) is 16.9. The monoisotopic (exact) mass is 349 g/mol. The lowest BCUT2D eigenvalue weighted by molar-refractivity contribution is -0.138. The number of morpholine rings is 1. The number of ether oxygens (including phenoxy) is 1. The molecule has 1 aromatic heterocycles. The van der Waals surface area contributed by atoms with Gasteiger partial charge in [0.25, 0.3) is 5.91 Å². The Morgan fingerprint density at radius 1 is 1.50 bits per heavy atom. The van der Waals surface area contributed by atoms with E-state index in [2.05, 4.69) is 20.5 Å². The van der Waals surface area contributed by atoms with Crippen molar-refractivity contribution in [3.05, 3.63) is 41.2 Å². The Bertz CT molecular complexity index is 720. The summed E-state index contributed by atoms with van der Waals surface area (Å²) in [5.74, 6) is -0.133. The van der Waals surface area contributed by atoms with Gasteiger partial charge in [0.1, 0.15) is 11.8 Å². The summed E-state index contributed by atoms with van der Waals surface area (Å²) in [6.07, 6.45) is 1.33. The first-order valence-electron chi connectivity index (χ1n) is 7.81. The van der Waals surface area contributed by atoms with Gasteiger partial charge in [0.05, 0.1) is 24.5 Å². The van der Waals surface area contributed by atoms with Gasteiger partial charge >= 0.3 is 0 Å². The smallest absolute Gasteiger partial charge is 0.250 e. The molecule has 1 aliphatic rings. The van der Waals surface area contributed by atoms with Gasteiger partial charge in [0, 0.05) is 18.1 Å². The third kappa shape index (κ3) is 3.92. The summed E-state index contributed by atoms with van der Waals surface area (Å²) in [5, 5.41) is 11.8. The molecule has 1 fully saturated rings. The zero-order valence-electron chi connectivity index (χ0n) is 13.6. The number of aromatic nitrogens is 3. The molecule has 2 aromatic rings. The first-order valence-corrected chi connectivity index (χ1v) is 8.19. The predicted molar refractivity (Wildman–Crippen MR) is 90.2 cm³/mol. The molecule has 1 aliphatic heterocycles. The van der Waals surface area contributed by atoms with Crippen molar-refractivity contribution in [1.82, 2.24) is 25.2 Å². The molecule has 7 nitrogen and oxygen atoms in total. The molecule has 2 atom stereocenters. The molecular weight excluding hydrogens is 330 g/mol. The van der Waals surface area contributed by atoms with Gasteiger partial charge in [0.2, 0.25) is 0 Å². The maximum atomic E-state index is 12.3. The molecule has 1 aromatic carbocycles. The van der Waals surface area contributed by atoms with Gasteiger partial charge in [-0.15, -0.1) is 5.10 Å². The van der Waals surface area contributed by atoms with Crippen molar-refractivity contribution in [2.75, 3.05) is 26.7 Å². The summed E-state index contributed by atoms with van der Waals surface area (Å²) in [5.41, 5.74) is 1.49. The van der Waals surface area contributed by atoms with Crippen molar-refractivity contribution in [2.45, 2.75) is 19.1 Å². The Balaban J connectivity index is 1.65. The van der Waals surface area contributed by atoms with Crippen molar-refractivity contribution in [3.8, 4) is 5.69 Å². The zero-order chi connectivity index (χ0) is 17.1. The molecule has 2 heterocycles. The molecule has 1 N–H and O–H groups in total. The first-order chi connectivity index (χ1) is 11.5. The van der Waals surface area contributed by atoms with E-state index in [0.29, 0.717) is 23.9 Å². The summed E-state index contributed by atoms with van der Waals surface area (Å²) < 4.78 is 7.16. The zero-order valence-corrected chi connectivity index (χ0v) is 14.4. The number of hydrogen-bond acceptors (Lipinski definition) is 5. The summed E-state index contributed by atoms with van der Waals surface area (Å²) in [6.45, 7) is 3.87. The summed E-state index contributed by atoms with van der Waals surface area (Å²) in [4.78, 5) is 14.4. The molecule has 0 radical (unpaired) electrons. The SMILES string of the molecule is CC(NC(=O)C1CN(C)CCO1)c1cn(-c2cccc(Cl)c2)nn1. The second-order valence-corrected chi connectivity index (χ2v) is 6.36. The van der Waals surface area contributed by atoms with Gasteiger partial charge in [-0.25, -0.2) is 4.68 Å². The van der Waals surface area contributed by atoms with Crippen molar-refractivity contribution in [2.24, 2.45) is 0 Å². The molecule has 0 bridgehead atoms. The van der Waals surface area contributed by atoms with E-state index in [9.17, 15) is 4.79 Å². The molecule has 24 heavy (non-hydrogen) atoms. The molecule has 8 heteroatoms. The van der Waals surface area contributed by atoms with Crippen molar-refractivity contribution >= 4 is 17.5 Å². The van der Waals surface area contributed by atoms with Crippen molar-refractivity contribution in [1.29, 1.82) is 0 Å². The Labute approximate surface area is 145 Å². The number of amides is 1. The predicted octanol–water partition coefficient (Wildman–Crippen LogP) is 1.43. The molecule has 128 valence electrons. The Morgan fingerprint density at radius 3 is 3.08 bits per heavy atom. The minimum atomic E-state index is -0.450. The van der Waals surface area contributed by atoms with Crippen LogP contribution in [0.15, 0.2) is 30.5 Å². The third-order valence-corrected chi connectivity index (χ3v) is 4.18. The van der Waals surface area contributed by atoms with Crippen LogP contribution in [-0.2, 0) is 9.53 Å². The lowest BCUT2D eigenvalue weighted by Crippen LogP contribution is -2.48. The van der Waals surface area contributed by atoms with E-state index in [4.69, 9.17) is 16.3 Å². The minimum absolute atomic E-state index is 0.133. The van der Waals surface area contributed by atoms with Gasteiger partial charge in [-0.2, -0.15) is 0 Å². The maximum absolute atomic E-state index is 12.3. The quantitative estimate of drug-likeness (QED) is 0.904. The second kappa shape index (κ2) is 7.29. The van der Waals surface area contributed by atoms with E-state index in [0.717, 1.165) is 12.2 Å². The molecule has 0 saturated carbocycles. The number of benzene rings is 1. The molecule has 1 amide bonds. The summed E-state index contributed by atoms with van der Waals surface area (Å²) in [6, 6.07) is 7.07. The number of nitrogens with zero attached hydrogens (tertiary/aromatic N) is 4. The standard InChI is InChI=1S/C16H20ClN5O2/c1-11(18-16(23)15-10-21(2)6-7-24-15)14-9-22(20-19-14)13-5-3-4-12(17)8-13/h3-5,8-9,11,15H,6-7,10H2,1-2H3,(H,18,23). The molecule has 3 rings (SSSR count). The Hall–Kier alpha value is -1.96. The van der Waals surface area contributed by atoms with Gasteiger partial charge in [-0.05, 0) is 32.2 Å². The molecule has 2 unspecified atom stereocenters. The van der Waals surface area contributed by atoms with Crippen LogP contribution >= 0.6 is 11.6 Å². The van der Waals surface area contributed by atoms with Gasteiger partial charge in [0.15, 0.2) is 0 Å². The fraction of sp³-hybridized carbons (Fsp3) is 0.438. The van der Waals surface area contributed by atoms with Crippen LogP contribution in [0.5, 0.6) is 0 Å². The third-order valence-electron chi connectivity index (χ3n) is 3.95. The molecular formula is C16H20ClN5O2. The van der Waals surface area contributed by atoms with Crippen LogP contribution in [0.25, 0.3) is 5.69 Å². The van der Waals surface area contributed by atoms with Crippen molar-refractivity contribution in [3.63, 3.8) is 0 Å². The van der Waals surface area contributed by atoms with Crippen LogP contribution in [0.4, 0.5) is 0 Å². The maximum Gasteiger partial charge on any atom is 0.250 e. The Morgan fingerprint density at radius 2 is 2.33 bits per heavy atom. The second-order valence-electron chi connectivity index (χ2n) is 5.92. The van der Waals surface area contributed by atoms with Gasteiger partial charge in [-0.1, -0.05) is 22.9 Å². The summed E-state index contributed by atoms with van der Waals surface area (Å²) in [7, 11) is 1.98. The van der Waals surface area contributed by atoms with Crippen LogP contribution < -0.4 is 5.32 Å². The Kier molecular flexibility index (Phi) is 5.13. The van der Waals surface area contributed by atoms with Crippen LogP contribution in [0.2, 0.25) is 5.02 Å². The fourth-order valence-corrected chi connectivity index (χ4v) is 2.72. The van der Waals surface area contributed by atoms with E-state index in [-0.39, 0.29) is 11.9 Å². The lowest BCUT2D eigenvalue weighted by atomic mass is 10.2. The van der Waals surface area contributed by atoms with E-state index >= 15 is 0 Å². The number of rotatable bonds is 4. The number of carbonyl (C=O) groups excluding carboxylic acids is 1. The normalized spacial score (nSPS) is 19.9. The summed E-state index contributed by atoms with van der Waals surface area (Å²) >= 11 is 5.99. The van der Waals surface area contributed by atoms with Crippen LogP contribution in [-0.4, -0.2) is 58.6 Å². The van der Waals surface area contributed by atoms with E-state index < -0.39 is 6.10 Å². The highest BCUT2D eigenvalue weighted by Crippen LogP contribution is 2.16. The topological polar surface area (TPSA) is 72.3 Å². The van der Waals surface area contributed by atoms with E-state index in [1.807, 2.05) is 26.1 Å². The van der Waals surface area contributed by atoms with E-state index in [1.54, 1.807) is 23.0 Å². The lowest BCUT2D eigenvalue weighted by Gasteiger charge is -2.29. The van der Waals surface area contributed by atoms with Gasteiger partial charge < -0.3 is 15.0 Å². The van der Waals surface area contributed by atoms with Crippen LogP contribution in [0.1, 0.15) is 18.7 Å². The highest BCUT2D eigenvalue weighted by atomic mass is 35.5. The molecule has 1 saturated heterocycles. The van der Waals surface area contributed by atoms with Crippen molar-refractivity contribution < 1.29 is 9.53 Å². The minimum Gasteiger partial charge on any atom is -0.366 e. The number of hydrogen-bond donors (Lipinski definition) is 1. The highest BCUT2D eigenvalue weighted by Gasteiger charge is 2.26. The number of likely N-dealkylation sites (N-methyl/N-ethyl adjacent to an activating group) is 1. The number of nitrogens with one attached hydrogen (secondary N) is 1.